The number of hydrogen-bond acceptors (Lipinski definition) is 4. The van der Waals surface area contributed by atoms with Gasteiger partial charge in [0.25, 0.3) is 0 Å². The van der Waals surface area contributed by atoms with Crippen molar-refractivity contribution in [1.29, 1.82) is 0 Å². The van der Waals surface area contributed by atoms with Crippen molar-refractivity contribution in [2.24, 2.45) is 11.8 Å². The average Bonchev–Trinajstić information content (AvgIpc) is 2.78. The smallest absolute Gasteiger partial charge is 0.123 e. The minimum absolute atomic E-state index is 0.154. The van der Waals surface area contributed by atoms with E-state index in [4.69, 9.17) is 16.3 Å². The number of nitrogens with one attached hydrogen (secondary N) is 1. The molecule has 1 aromatic rings. The molecule has 16 heavy (non-hydrogen) atoms. The predicted octanol–water partition coefficient (Wildman–Crippen LogP) is 0.949. The fourth-order valence-electron chi connectivity index (χ4n) is 2.11. The minimum Gasteiger partial charge on any atom is -0.398 e. The summed E-state index contributed by atoms with van der Waals surface area (Å²) in [7, 11) is 0. The van der Waals surface area contributed by atoms with Crippen LogP contribution in [0.25, 0.3) is 0 Å². The maximum absolute atomic E-state index is 13.2. The van der Waals surface area contributed by atoms with Gasteiger partial charge in [0.1, 0.15) is 5.82 Å². The molecule has 1 heterocycles. The Morgan fingerprint density at radius 3 is 2.94 bits per heavy atom. The molecule has 1 saturated heterocycles. The van der Waals surface area contributed by atoms with Gasteiger partial charge in [0, 0.05) is 18.2 Å². The molecule has 0 bridgehead atoms. The summed E-state index contributed by atoms with van der Waals surface area (Å²) >= 11 is 0. The minimum atomic E-state index is -0.302. The highest BCUT2D eigenvalue weighted by atomic mass is 19.1. The normalized spacial score (nSPS) is 22.2. The van der Waals surface area contributed by atoms with E-state index < -0.39 is 0 Å². The average molecular weight is 225 g/mol. The number of anilines is 1. The maximum atomic E-state index is 13.2. The summed E-state index contributed by atoms with van der Waals surface area (Å²) in [6, 6.07) is 4.18. The van der Waals surface area contributed by atoms with Crippen LogP contribution in [0.2, 0.25) is 0 Å². The second-order valence-corrected chi connectivity index (χ2v) is 4.04. The van der Waals surface area contributed by atoms with Crippen LogP contribution in [0.1, 0.15) is 18.0 Å². The standard InChI is InChI=1S/C11H16FN3O/c12-8-1-2-10(13)9(5-8)11(15-14)7-3-4-16-6-7/h1-2,5,7,11,15H,3-4,6,13-14H2. The Hall–Kier alpha value is -1.17. The molecule has 1 fully saturated rings. The van der Waals surface area contributed by atoms with Gasteiger partial charge >= 0.3 is 0 Å². The van der Waals surface area contributed by atoms with Gasteiger partial charge in [-0.05, 0) is 30.2 Å². The Kier molecular flexibility index (Phi) is 3.38. The molecule has 5 N–H and O–H groups in total. The second kappa shape index (κ2) is 4.78. The number of nitrogens with two attached hydrogens (primary N) is 2. The highest BCUT2D eigenvalue weighted by molar-refractivity contribution is 5.48. The van der Waals surface area contributed by atoms with E-state index in [2.05, 4.69) is 5.43 Å². The molecule has 5 heteroatoms. The van der Waals surface area contributed by atoms with Crippen molar-refractivity contribution in [2.75, 3.05) is 18.9 Å². The van der Waals surface area contributed by atoms with E-state index in [0.717, 1.165) is 13.0 Å². The van der Waals surface area contributed by atoms with E-state index in [0.29, 0.717) is 17.9 Å². The van der Waals surface area contributed by atoms with Crippen LogP contribution < -0.4 is 17.0 Å². The Bertz CT molecular complexity index is 366. The molecule has 1 aliphatic rings. The quantitative estimate of drug-likeness (QED) is 0.407. The first kappa shape index (κ1) is 11.3. The van der Waals surface area contributed by atoms with Crippen molar-refractivity contribution in [2.45, 2.75) is 12.5 Å². The molecule has 0 amide bonds. The van der Waals surface area contributed by atoms with Gasteiger partial charge in [0.05, 0.1) is 12.6 Å². The predicted molar refractivity (Wildman–Crippen MR) is 59.8 cm³/mol. The van der Waals surface area contributed by atoms with Crippen LogP contribution in [0, 0.1) is 11.7 Å². The Morgan fingerprint density at radius 2 is 2.31 bits per heavy atom. The molecule has 4 nitrogen and oxygen atoms in total. The first-order chi connectivity index (χ1) is 7.72. The van der Waals surface area contributed by atoms with Crippen molar-refractivity contribution in [3.63, 3.8) is 0 Å². The summed E-state index contributed by atoms with van der Waals surface area (Å²) in [4.78, 5) is 0. The molecule has 2 atom stereocenters. The molecule has 2 rings (SSSR count). The monoisotopic (exact) mass is 225 g/mol. The number of nitrogen functional groups attached to an aromatic ring is 1. The van der Waals surface area contributed by atoms with E-state index in [-0.39, 0.29) is 17.8 Å². The van der Waals surface area contributed by atoms with Gasteiger partial charge in [-0.2, -0.15) is 0 Å². The van der Waals surface area contributed by atoms with Crippen LogP contribution in [0.4, 0.5) is 10.1 Å². The zero-order valence-electron chi connectivity index (χ0n) is 8.95. The van der Waals surface area contributed by atoms with Crippen LogP contribution in [0.3, 0.4) is 0 Å². The van der Waals surface area contributed by atoms with Crippen LogP contribution in [0.5, 0.6) is 0 Å². The molecule has 88 valence electrons. The van der Waals surface area contributed by atoms with Crippen LogP contribution >= 0.6 is 0 Å². The number of ether oxygens (including phenoxy) is 1. The Balaban J connectivity index is 2.28. The summed E-state index contributed by atoms with van der Waals surface area (Å²) in [6.45, 7) is 1.35. The summed E-state index contributed by atoms with van der Waals surface area (Å²) < 4.78 is 18.5. The third kappa shape index (κ3) is 2.16. The lowest BCUT2D eigenvalue weighted by molar-refractivity contribution is 0.177. The molecule has 0 aliphatic carbocycles. The van der Waals surface area contributed by atoms with E-state index in [1.54, 1.807) is 6.07 Å². The first-order valence-electron chi connectivity index (χ1n) is 5.31. The Morgan fingerprint density at radius 1 is 1.50 bits per heavy atom. The van der Waals surface area contributed by atoms with Gasteiger partial charge < -0.3 is 10.5 Å². The van der Waals surface area contributed by atoms with Gasteiger partial charge in [-0.15, -0.1) is 0 Å². The van der Waals surface area contributed by atoms with E-state index in [9.17, 15) is 4.39 Å². The van der Waals surface area contributed by atoms with E-state index >= 15 is 0 Å². The van der Waals surface area contributed by atoms with Crippen LogP contribution in [-0.2, 0) is 4.74 Å². The lowest BCUT2D eigenvalue weighted by atomic mass is 9.92. The summed E-state index contributed by atoms with van der Waals surface area (Å²) in [5.41, 5.74) is 9.79. The lowest BCUT2D eigenvalue weighted by Crippen LogP contribution is -2.34. The van der Waals surface area contributed by atoms with E-state index in [1.807, 2.05) is 0 Å². The molecule has 1 aromatic carbocycles. The van der Waals surface area contributed by atoms with Crippen molar-refractivity contribution in [1.82, 2.24) is 5.43 Å². The molecule has 2 unspecified atom stereocenters. The topological polar surface area (TPSA) is 73.3 Å². The lowest BCUT2D eigenvalue weighted by Gasteiger charge is -2.23. The molecule has 1 aliphatic heterocycles. The number of rotatable bonds is 3. The number of benzene rings is 1. The van der Waals surface area contributed by atoms with Crippen LogP contribution in [-0.4, -0.2) is 13.2 Å². The SMILES string of the molecule is NNC(c1cc(F)ccc1N)C1CCOC1. The van der Waals surface area contributed by atoms with Gasteiger partial charge in [-0.25, -0.2) is 4.39 Å². The largest absolute Gasteiger partial charge is 0.398 e. The zero-order valence-corrected chi connectivity index (χ0v) is 8.95. The maximum Gasteiger partial charge on any atom is 0.123 e. The highest BCUT2D eigenvalue weighted by Gasteiger charge is 2.27. The molecular formula is C11H16FN3O. The van der Waals surface area contributed by atoms with Gasteiger partial charge in [0.15, 0.2) is 0 Å². The molecule has 0 radical (unpaired) electrons. The third-order valence-corrected chi connectivity index (χ3v) is 3.00. The van der Waals surface area contributed by atoms with Crippen molar-refractivity contribution in [3.05, 3.63) is 29.6 Å². The number of hydrazine groups is 1. The van der Waals surface area contributed by atoms with Gasteiger partial charge in [0.2, 0.25) is 0 Å². The van der Waals surface area contributed by atoms with E-state index in [1.165, 1.54) is 12.1 Å². The van der Waals surface area contributed by atoms with Crippen molar-refractivity contribution in [3.8, 4) is 0 Å². The molecule has 0 saturated carbocycles. The van der Waals surface area contributed by atoms with Crippen LogP contribution in [0.15, 0.2) is 18.2 Å². The van der Waals surface area contributed by atoms with Crippen molar-refractivity contribution < 1.29 is 9.13 Å². The number of halogens is 1. The molecule has 0 aromatic heterocycles. The summed E-state index contributed by atoms with van der Waals surface area (Å²) in [5.74, 6) is 5.46. The summed E-state index contributed by atoms with van der Waals surface area (Å²) in [5, 5.41) is 0. The highest BCUT2D eigenvalue weighted by Crippen LogP contribution is 2.31. The fourth-order valence-corrected chi connectivity index (χ4v) is 2.11. The Labute approximate surface area is 93.7 Å². The molecule has 0 spiro atoms. The first-order valence-corrected chi connectivity index (χ1v) is 5.31. The second-order valence-electron chi connectivity index (χ2n) is 4.04. The van der Waals surface area contributed by atoms with Crippen molar-refractivity contribution >= 4 is 5.69 Å². The van der Waals surface area contributed by atoms with Gasteiger partial charge in [-0.1, -0.05) is 0 Å². The zero-order chi connectivity index (χ0) is 11.5. The summed E-state index contributed by atoms with van der Waals surface area (Å²) in [6.07, 6.45) is 0.908. The fraction of sp³-hybridized carbons (Fsp3) is 0.455. The van der Waals surface area contributed by atoms with Gasteiger partial charge in [-0.3, -0.25) is 11.3 Å². The third-order valence-electron chi connectivity index (χ3n) is 3.00. The molecular weight excluding hydrogens is 209 g/mol. The number of hydrogen-bond donors (Lipinski definition) is 3.